The van der Waals surface area contributed by atoms with Crippen LogP contribution in [0, 0.1) is 0 Å². The summed E-state index contributed by atoms with van der Waals surface area (Å²) in [5.41, 5.74) is 1.83. The minimum atomic E-state index is -0.457. The van der Waals surface area contributed by atoms with Crippen LogP contribution in [-0.2, 0) is 17.6 Å². The van der Waals surface area contributed by atoms with Gasteiger partial charge < -0.3 is 14.3 Å². The number of aromatic hydroxyl groups is 1. The molecule has 0 amide bonds. The lowest BCUT2D eigenvalue weighted by molar-refractivity contribution is 0.0526. The summed E-state index contributed by atoms with van der Waals surface area (Å²) in [5.74, 6) is 0.446. The highest BCUT2D eigenvalue weighted by Gasteiger charge is 2.19. The van der Waals surface area contributed by atoms with Crippen molar-refractivity contribution >= 4 is 32.9 Å². The van der Waals surface area contributed by atoms with Crippen molar-refractivity contribution in [1.82, 2.24) is 0 Å². The molecule has 1 aromatic heterocycles. The number of aryl methyl sites for hydroxylation is 2. The Balaban J connectivity index is 2.58. The molecule has 5 heteroatoms. The maximum Gasteiger partial charge on any atom is 0.338 e. The molecule has 0 aliphatic carbocycles. The Bertz CT molecular complexity index is 630. The standard InChI is InChI=1S/C15H17BrO4/c1-3-12-10(5-6-16)14-11(17)7-9(8-13(14)20-12)15(18)19-4-2/h7-8,17H,3-6H2,1-2H3. The van der Waals surface area contributed by atoms with Gasteiger partial charge in [-0.2, -0.15) is 0 Å². The Morgan fingerprint density at radius 1 is 1.40 bits per heavy atom. The normalized spacial score (nSPS) is 10.9. The van der Waals surface area contributed by atoms with Crippen LogP contribution in [0.2, 0.25) is 0 Å². The molecule has 0 aliphatic heterocycles. The lowest BCUT2D eigenvalue weighted by atomic mass is 10.0. The number of alkyl halides is 1. The van der Waals surface area contributed by atoms with Gasteiger partial charge in [-0.3, -0.25) is 0 Å². The van der Waals surface area contributed by atoms with Crippen LogP contribution >= 0.6 is 15.9 Å². The zero-order valence-corrected chi connectivity index (χ0v) is 13.1. The van der Waals surface area contributed by atoms with E-state index in [2.05, 4.69) is 15.9 Å². The van der Waals surface area contributed by atoms with Gasteiger partial charge in [-0.25, -0.2) is 4.79 Å². The quantitative estimate of drug-likeness (QED) is 0.664. The number of esters is 1. The average molecular weight is 341 g/mol. The molecule has 108 valence electrons. The second-order valence-corrected chi connectivity index (χ2v) is 5.18. The predicted octanol–water partition coefficient (Wildman–Crippen LogP) is 3.81. The van der Waals surface area contributed by atoms with Gasteiger partial charge in [0.1, 0.15) is 17.1 Å². The maximum atomic E-state index is 11.7. The first-order chi connectivity index (χ1) is 9.62. The number of carbonyl (C=O) groups is 1. The van der Waals surface area contributed by atoms with E-state index in [1.807, 2.05) is 6.92 Å². The molecule has 0 spiro atoms. The first-order valence-electron chi connectivity index (χ1n) is 6.62. The van der Waals surface area contributed by atoms with Crippen LogP contribution in [0.5, 0.6) is 5.75 Å². The summed E-state index contributed by atoms with van der Waals surface area (Å²) in [6, 6.07) is 3.07. The number of phenols is 1. The van der Waals surface area contributed by atoms with E-state index in [1.165, 1.54) is 6.07 Å². The number of phenolic OH excluding ortho intramolecular Hbond substituents is 1. The zero-order chi connectivity index (χ0) is 14.7. The van der Waals surface area contributed by atoms with Gasteiger partial charge in [0, 0.05) is 17.3 Å². The van der Waals surface area contributed by atoms with Gasteiger partial charge in [-0.05, 0) is 25.5 Å². The molecule has 0 unspecified atom stereocenters. The Hall–Kier alpha value is -1.49. The van der Waals surface area contributed by atoms with E-state index in [-0.39, 0.29) is 5.75 Å². The molecule has 2 rings (SSSR count). The molecule has 0 saturated carbocycles. The monoisotopic (exact) mass is 340 g/mol. The summed E-state index contributed by atoms with van der Waals surface area (Å²) in [4.78, 5) is 11.7. The number of benzene rings is 1. The highest BCUT2D eigenvalue weighted by Crippen LogP contribution is 2.35. The maximum absolute atomic E-state index is 11.7. The third kappa shape index (κ3) is 2.68. The molecular formula is C15H17BrO4. The van der Waals surface area contributed by atoms with Gasteiger partial charge in [0.15, 0.2) is 0 Å². The number of fused-ring (bicyclic) bond motifs is 1. The van der Waals surface area contributed by atoms with Crippen molar-refractivity contribution in [3.05, 3.63) is 29.0 Å². The van der Waals surface area contributed by atoms with E-state index in [0.717, 1.165) is 29.5 Å². The first kappa shape index (κ1) is 14.9. The van der Waals surface area contributed by atoms with Gasteiger partial charge in [-0.1, -0.05) is 22.9 Å². The van der Waals surface area contributed by atoms with Gasteiger partial charge in [0.25, 0.3) is 0 Å². The minimum Gasteiger partial charge on any atom is -0.507 e. The van der Waals surface area contributed by atoms with Crippen LogP contribution in [0.1, 0.15) is 35.5 Å². The molecule has 0 radical (unpaired) electrons. The Morgan fingerprint density at radius 2 is 2.15 bits per heavy atom. The molecule has 2 aromatic rings. The third-order valence-electron chi connectivity index (χ3n) is 3.13. The molecule has 4 nitrogen and oxygen atoms in total. The van der Waals surface area contributed by atoms with Crippen molar-refractivity contribution < 1.29 is 19.1 Å². The van der Waals surface area contributed by atoms with Gasteiger partial charge in [0.2, 0.25) is 0 Å². The van der Waals surface area contributed by atoms with Gasteiger partial charge in [-0.15, -0.1) is 0 Å². The van der Waals surface area contributed by atoms with Crippen LogP contribution in [0.4, 0.5) is 0 Å². The van der Waals surface area contributed by atoms with Crippen molar-refractivity contribution in [1.29, 1.82) is 0 Å². The second kappa shape index (κ2) is 6.31. The van der Waals surface area contributed by atoms with Crippen LogP contribution in [-0.4, -0.2) is 23.0 Å². The Labute approximate surface area is 125 Å². The van der Waals surface area contributed by atoms with Crippen LogP contribution in [0.25, 0.3) is 11.0 Å². The second-order valence-electron chi connectivity index (χ2n) is 4.39. The van der Waals surface area contributed by atoms with E-state index in [1.54, 1.807) is 13.0 Å². The average Bonchev–Trinajstić information content (AvgIpc) is 2.78. The molecule has 0 atom stereocenters. The van der Waals surface area contributed by atoms with Crippen LogP contribution in [0.15, 0.2) is 16.5 Å². The fourth-order valence-electron chi connectivity index (χ4n) is 2.30. The number of hydrogen-bond donors (Lipinski definition) is 1. The SMILES string of the molecule is CCOC(=O)c1cc(O)c2c(CCBr)c(CC)oc2c1. The molecule has 0 fully saturated rings. The van der Waals surface area contributed by atoms with Crippen molar-refractivity contribution in [2.24, 2.45) is 0 Å². The molecular weight excluding hydrogens is 324 g/mol. The number of hydrogen-bond acceptors (Lipinski definition) is 4. The van der Waals surface area contributed by atoms with Crippen LogP contribution in [0.3, 0.4) is 0 Å². The predicted molar refractivity (Wildman–Crippen MR) is 80.7 cm³/mol. The zero-order valence-electron chi connectivity index (χ0n) is 11.5. The minimum absolute atomic E-state index is 0.0601. The smallest absolute Gasteiger partial charge is 0.338 e. The van der Waals surface area contributed by atoms with Crippen molar-refractivity contribution in [3.8, 4) is 5.75 Å². The lowest BCUT2D eigenvalue weighted by Gasteiger charge is -2.04. The number of carbonyl (C=O) groups excluding carboxylic acids is 1. The van der Waals surface area contributed by atoms with E-state index in [9.17, 15) is 9.90 Å². The van der Waals surface area contributed by atoms with Crippen molar-refractivity contribution in [2.75, 3.05) is 11.9 Å². The number of halogens is 1. The summed E-state index contributed by atoms with van der Waals surface area (Å²) < 4.78 is 10.7. The van der Waals surface area contributed by atoms with E-state index in [0.29, 0.717) is 23.1 Å². The summed E-state index contributed by atoms with van der Waals surface area (Å²) in [5, 5.41) is 11.7. The Kier molecular flexibility index (Phi) is 4.70. The topological polar surface area (TPSA) is 59.7 Å². The number of furan rings is 1. The highest BCUT2D eigenvalue weighted by atomic mass is 79.9. The summed E-state index contributed by atoms with van der Waals surface area (Å²) in [7, 11) is 0. The van der Waals surface area contributed by atoms with Gasteiger partial charge in [0.05, 0.1) is 17.6 Å². The molecule has 1 N–H and O–H groups in total. The van der Waals surface area contributed by atoms with E-state index >= 15 is 0 Å². The summed E-state index contributed by atoms with van der Waals surface area (Å²) in [6.45, 7) is 4.04. The fourth-order valence-corrected chi connectivity index (χ4v) is 2.69. The molecule has 0 saturated heterocycles. The van der Waals surface area contributed by atoms with Gasteiger partial charge >= 0.3 is 5.97 Å². The molecule has 1 heterocycles. The molecule has 20 heavy (non-hydrogen) atoms. The van der Waals surface area contributed by atoms with Crippen LogP contribution < -0.4 is 0 Å². The Morgan fingerprint density at radius 3 is 2.75 bits per heavy atom. The fraction of sp³-hybridized carbons (Fsp3) is 0.400. The highest BCUT2D eigenvalue weighted by molar-refractivity contribution is 9.09. The first-order valence-corrected chi connectivity index (χ1v) is 7.74. The lowest BCUT2D eigenvalue weighted by Crippen LogP contribution is -2.04. The summed E-state index contributed by atoms with van der Waals surface area (Å²) in [6.07, 6.45) is 1.51. The van der Waals surface area contributed by atoms with Crippen molar-refractivity contribution in [2.45, 2.75) is 26.7 Å². The largest absolute Gasteiger partial charge is 0.507 e. The van der Waals surface area contributed by atoms with Crippen molar-refractivity contribution in [3.63, 3.8) is 0 Å². The molecule has 0 aliphatic rings. The van der Waals surface area contributed by atoms with E-state index < -0.39 is 5.97 Å². The summed E-state index contributed by atoms with van der Waals surface area (Å²) >= 11 is 3.41. The number of rotatable bonds is 5. The van der Waals surface area contributed by atoms with E-state index in [4.69, 9.17) is 9.15 Å². The number of ether oxygens (including phenoxy) is 1. The molecule has 0 bridgehead atoms. The third-order valence-corrected chi connectivity index (χ3v) is 3.53. The molecule has 1 aromatic carbocycles.